The predicted molar refractivity (Wildman–Crippen MR) is 72.9 cm³/mol. The monoisotopic (exact) mass is 263 g/mol. The summed E-state index contributed by atoms with van der Waals surface area (Å²) in [5.41, 5.74) is 2.25. The molecule has 2 aromatic heterocycles. The van der Waals surface area contributed by atoms with E-state index in [2.05, 4.69) is 27.6 Å². The van der Waals surface area contributed by atoms with E-state index in [4.69, 9.17) is 4.74 Å². The largest absolute Gasteiger partial charge is 0.481 e. The SMILES string of the molecule is COc1cc(CNC(C)c2csc(C)n2)ccn1. The second-order valence-corrected chi connectivity index (χ2v) is 5.16. The van der Waals surface area contributed by atoms with Crippen LogP contribution in [0.4, 0.5) is 0 Å². The normalized spacial score (nSPS) is 12.4. The van der Waals surface area contributed by atoms with E-state index in [9.17, 15) is 0 Å². The lowest BCUT2D eigenvalue weighted by atomic mass is 10.2. The van der Waals surface area contributed by atoms with Crippen LogP contribution in [-0.4, -0.2) is 17.1 Å². The molecule has 1 atom stereocenters. The average molecular weight is 263 g/mol. The maximum atomic E-state index is 5.10. The van der Waals surface area contributed by atoms with E-state index >= 15 is 0 Å². The number of hydrogen-bond donors (Lipinski definition) is 1. The van der Waals surface area contributed by atoms with Crippen LogP contribution < -0.4 is 10.1 Å². The van der Waals surface area contributed by atoms with Crippen LogP contribution in [0.2, 0.25) is 0 Å². The van der Waals surface area contributed by atoms with Gasteiger partial charge in [-0.05, 0) is 25.5 Å². The second kappa shape index (κ2) is 5.93. The molecule has 4 nitrogen and oxygen atoms in total. The fraction of sp³-hybridized carbons (Fsp3) is 0.385. The average Bonchev–Trinajstić information content (AvgIpc) is 2.83. The Morgan fingerprint density at radius 3 is 3.00 bits per heavy atom. The van der Waals surface area contributed by atoms with Gasteiger partial charge in [0.05, 0.1) is 17.8 Å². The Balaban J connectivity index is 1.94. The van der Waals surface area contributed by atoms with Crippen molar-refractivity contribution in [2.24, 2.45) is 0 Å². The van der Waals surface area contributed by atoms with Gasteiger partial charge in [-0.1, -0.05) is 0 Å². The molecular formula is C13H17N3OS. The Morgan fingerprint density at radius 1 is 1.50 bits per heavy atom. The van der Waals surface area contributed by atoms with Crippen molar-refractivity contribution in [2.45, 2.75) is 26.4 Å². The topological polar surface area (TPSA) is 47.0 Å². The van der Waals surface area contributed by atoms with E-state index in [1.807, 2.05) is 19.1 Å². The van der Waals surface area contributed by atoms with Gasteiger partial charge >= 0.3 is 0 Å². The van der Waals surface area contributed by atoms with Crippen molar-refractivity contribution < 1.29 is 4.74 Å². The number of methoxy groups -OCH3 is 1. The molecule has 0 fully saturated rings. The van der Waals surface area contributed by atoms with Gasteiger partial charge in [-0.3, -0.25) is 0 Å². The molecular weight excluding hydrogens is 246 g/mol. The first-order chi connectivity index (χ1) is 8.69. The zero-order valence-corrected chi connectivity index (χ0v) is 11.6. The van der Waals surface area contributed by atoms with Crippen LogP contribution in [0.15, 0.2) is 23.7 Å². The molecule has 1 unspecified atom stereocenters. The van der Waals surface area contributed by atoms with Crippen LogP contribution in [-0.2, 0) is 6.54 Å². The Labute approximate surface area is 111 Å². The number of aryl methyl sites for hydroxylation is 1. The summed E-state index contributed by atoms with van der Waals surface area (Å²) in [7, 11) is 1.63. The first-order valence-electron chi connectivity index (χ1n) is 5.83. The van der Waals surface area contributed by atoms with Gasteiger partial charge in [0.15, 0.2) is 0 Å². The van der Waals surface area contributed by atoms with Crippen molar-refractivity contribution in [3.05, 3.63) is 40.0 Å². The van der Waals surface area contributed by atoms with E-state index in [1.54, 1.807) is 24.6 Å². The third-order valence-electron chi connectivity index (χ3n) is 2.70. The maximum absolute atomic E-state index is 5.10. The van der Waals surface area contributed by atoms with E-state index in [-0.39, 0.29) is 6.04 Å². The molecule has 0 aliphatic heterocycles. The molecule has 2 rings (SSSR count). The molecule has 0 aliphatic rings. The summed E-state index contributed by atoms with van der Waals surface area (Å²) in [4.78, 5) is 8.56. The summed E-state index contributed by atoms with van der Waals surface area (Å²) in [6.07, 6.45) is 1.76. The Kier molecular flexibility index (Phi) is 4.28. The summed E-state index contributed by atoms with van der Waals surface area (Å²) < 4.78 is 5.10. The predicted octanol–water partition coefficient (Wildman–Crippen LogP) is 2.71. The van der Waals surface area contributed by atoms with Crippen molar-refractivity contribution >= 4 is 11.3 Å². The van der Waals surface area contributed by atoms with Gasteiger partial charge in [-0.2, -0.15) is 0 Å². The zero-order chi connectivity index (χ0) is 13.0. The number of nitrogens with zero attached hydrogens (tertiary/aromatic N) is 2. The van der Waals surface area contributed by atoms with Crippen LogP contribution in [0.25, 0.3) is 0 Å². The van der Waals surface area contributed by atoms with Gasteiger partial charge in [0.2, 0.25) is 5.88 Å². The molecule has 1 N–H and O–H groups in total. The number of thiazole rings is 1. The van der Waals surface area contributed by atoms with Crippen molar-refractivity contribution in [2.75, 3.05) is 7.11 Å². The molecule has 2 aromatic rings. The summed E-state index contributed by atoms with van der Waals surface area (Å²) in [5, 5.41) is 6.64. The van der Waals surface area contributed by atoms with E-state index < -0.39 is 0 Å². The number of ether oxygens (including phenoxy) is 1. The van der Waals surface area contributed by atoms with E-state index in [0.717, 1.165) is 22.8 Å². The minimum Gasteiger partial charge on any atom is -0.481 e. The molecule has 18 heavy (non-hydrogen) atoms. The molecule has 0 aliphatic carbocycles. The lowest BCUT2D eigenvalue weighted by molar-refractivity contribution is 0.397. The molecule has 5 heteroatoms. The fourth-order valence-electron chi connectivity index (χ4n) is 1.63. The minimum absolute atomic E-state index is 0.245. The molecule has 0 bridgehead atoms. The fourth-order valence-corrected chi connectivity index (χ4v) is 2.33. The van der Waals surface area contributed by atoms with Crippen LogP contribution in [0.1, 0.15) is 29.2 Å². The van der Waals surface area contributed by atoms with Gasteiger partial charge < -0.3 is 10.1 Å². The highest BCUT2D eigenvalue weighted by molar-refractivity contribution is 7.09. The van der Waals surface area contributed by atoms with Gasteiger partial charge in [-0.25, -0.2) is 9.97 Å². The number of rotatable bonds is 5. The lowest BCUT2D eigenvalue weighted by Crippen LogP contribution is -2.18. The third-order valence-corrected chi connectivity index (χ3v) is 3.49. The molecule has 0 spiro atoms. The van der Waals surface area contributed by atoms with E-state index in [1.165, 1.54) is 0 Å². The van der Waals surface area contributed by atoms with Crippen molar-refractivity contribution in [1.82, 2.24) is 15.3 Å². The third kappa shape index (κ3) is 3.27. The molecule has 0 aromatic carbocycles. The summed E-state index contributed by atoms with van der Waals surface area (Å²) >= 11 is 1.68. The second-order valence-electron chi connectivity index (χ2n) is 4.10. The van der Waals surface area contributed by atoms with Gasteiger partial charge in [0.1, 0.15) is 0 Å². The Morgan fingerprint density at radius 2 is 2.33 bits per heavy atom. The van der Waals surface area contributed by atoms with Crippen LogP contribution in [0.3, 0.4) is 0 Å². The maximum Gasteiger partial charge on any atom is 0.213 e. The molecule has 96 valence electrons. The zero-order valence-electron chi connectivity index (χ0n) is 10.8. The lowest BCUT2D eigenvalue weighted by Gasteiger charge is -2.11. The number of nitrogens with one attached hydrogen (secondary N) is 1. The summed E-state index contributed by atoms with van der Waals surface area (Å²) in [6.45, 7) is 4.91. The molecule has 0 saturated heterocycles. The van der Waals surface area contributed by atoms with Crippen molar-refractivity contribution in [3.63, 3.8) is 0 Å². The number of hydrogen-bond acceptors (Lipinski definition) is 5. The summed E-state index contributed by atoms with van der Waals surface area (Å²) in [5.74, 6) is 0.645. The quantitative estimate of drug-likeness (QED) is 0.901. The van der Waals surface area contributed by atoms with Gasteiger partial charge in [-0.15, -0.1) is 11.3 Å². The smallest absolute Gasteiger partial charge is 0.213 e. The van der Waals surface area contributed by atoms with Crippen LogP contribution >= 0.6 is 11.3 Å². The molecule has 0 amide bonds. The Hall–Kier alpha value is -1.46. The van der Waals surface area contributed by atoms with E-state index in [0.29, 0.717) is 5.88 Å². The van der Waals surface area contributed by atoms with Crippen LogP contribution in [0, 0.1) is 6.92 Å². The molecule has 0 radical (unpaired) electrons. The first kappa shape index (κ1) is 13.0. The van der Waals surface area contributed by atoms with Crippen molar-refractivity contribution in [1.29, 1.82) is 0 Å². The number of aromatic nitrogens is 2. The van der Waals surface area contributed by atoms with Gasteiger partial charge in [0.25, 0.3) is 0 Å². The van der Waals surface area contributed by atoms with Crippen LogP contribution in [0.5, 0.6) is 5.88 Å². The highest BCUT2D eigenvalue weighted by Crippen LogP contribution is 2.16. The highest BCUT2D eigenvalue weighted by atomic mass is 32.1. The summed E-state index contributed by atoms with van der Waals surface area (Å²) in [6, 6.07) is 4.16. The minimum atomic E-state index is 0.245. The standard InChI is InChI=1S/C13H17N3OS/c1-9(12-8-18-10(2)16-12)15-7-11-4-5-14-13(6-11)17-3/h4-6,8-9,15H,7H2,1-3H3. The first-order valence-corrected chi connectivity index (χ1v) is 6.71. The molecule has 2 heterocycles. The molecule has 0 saturated carbocycles. The Bertz CT molecular complexity index is 512. The van der Waals surface area contributed by atoms with Gasteiger partial charge in [0, 0.05) is 30.2 Å². The number of pyridine rings is 1. The van der Waals surface area contributed by atoms with Crippen molar-refractivity contribution in [3.8, 4) is 5.88 Å². The highest BCUT2D eigenvalue weighted by Gasteiger charge is 2.08.